The van der Waals surface area contributed by atoms with Gasteiger partial charge in [0.25, 0.3) is 0 Å². The number of rotatable bonds is 13. The zero-order chi connectivity index (χ0) is 25.9. The molecule has 7 nitrogen and oxygen atoms in total. The van der Waals surface area contributed by atoms with Gasteiger partial charge >= 0.3 is 0 Å². The Balaban J connectivity index is 1.62. The number of hydrogen-bond donors (Lipinski definition) is 1. The van der Waals surface area contributed by atoms with Crippen molar-refractivity contribution in [2.24, 2.45) is 0 Å². The fraction of sp³-hybridized carbons (Fsp3) is 0.400. The predicted molar refractivity (Wildman–Crippen MR) is 139 cm³/mol. The third kappa shape index (κ3) is 7.69. The summed E-state index contributed by atoms with van der Waals surface area (Å²) in [5, 5.41) is 11.0. The Morgan fingerprint density at radius 2 is 1.08 bits per heavy atom. The number of aliphatic hydroxyl groups is 1. The normalized spacial score (nSPS) is 24.6. The highest BCUT2D eigenvalue weighted by Gasteiger charge is 2.50. The van der Waals surface area contributed by atoms with Crippen LogP contribution in [0.15, 0.2) is 91.0 Å². The van der Waals surface area contributed by atoms with Crippen LogP contribution in [-0.2, 0) is 48.2 Å². The van der Waals surface area contributed by atoms with Gasteiger partial charge in [0.05, 0.1) is 26.4 Å². The van der Waals surface area contributed by atoms with Crippen LogP contribution in [0.4, 0.5) is 0 Å². The van der Waals surface area contributed by atoms with Gasteiger partial charge in [-0.25, -0.2) is 0 Å². The maximum Gasteiger partial charge on any atom is 0.186 e. The second-order valence-electron chi connectivity index (χ2n) is 9.01. The molecule has 1 heterocycles. The van der Waals surface area contributed by atoms with Gasteiger partial charge in [-0.15, -0.1) is 0 Å². The van der Waals surface area contributed by atoms with Crippen LogP contribution >= 0.6 is 0 Å². The van der Waals surface area contributed by atoms with E-state index >= 15 is 0 Å². The van der Waals surface area contributed by atoms with Crippen LogP contribution < -0.4 is 0 Å². The van der Waals surface area contributed by atoms with E-state index in [0.717, 1.165) is 16.7 Å². The molecule has 3 aromatic carbocycles. The second kappa shape index (κ2) is 14.4. The van der Waals surface area contributed by atoms with E-state index in [2.05, 4.69) is 0 Å². The molecule has 1 unspecified atom stereocenters. The minimum atomic E-state index is -0.957. The average Bonchev–Trinajstić information content (AvgIpc) is 2.95. The van der Waals surface area contributed by atoms with E-state index in [1.54, 1.807) is 7.11 Å². The Kier molecular flexibility index (Phi) is 10.6. The molecule has 0 spiro atoms. The first-order valence-corrected chi connectivity index (χ1v) is 12.5. The second-order valence-corrected chi connectivity index (χ2v) is 9.01. The highest BCUT2D eigenvalue weighted by atomic mass is 16.7. The molecule has 4 rings (SSSR count). The summed E-state index contributed by atoms with van der Waals surface area (Å²) < 4.78 is 36.5. The maximum absolute atomic E-state index is 11.0. The molecule has 3 aromatic rings. The van der Waals surface area contributed by atoms with Gasteiger partial charge in [0.15, 0.2) is 6.29 Å². The van der Waals surface area contributed by atoms with E-state index in [1.807, 2.05) is 91.0 Å². The molecular weight excluding hydrogens is 472 g/mol. The van der Waals surface area contributed by atoms with Crippen molar-refractivity contribution in [3.63, 3.8) is 0 Å². The van der Waals surface area contributed by atoms with E-state index in [9.17, 15) is 5.11 Å². The number of ether oxygens (including phenoxy) is 6. The summed E-state index contributed by atoms with van der Waals surface area (Å²) in [6.45, 7) is 1.08. The monoisotopic (exact) mass is 508 g/mol. The van der Waals surface area contributed by atoms with Crippen LogP contribution in [0.3, 0.4) is 0 Å². The Hall–Kier alpha value is -2.62. The molecule has 1 fully saturated rings. The third-order valence-corrected chi connectivity index (χ3v) is 6.34. The molecule has 1 aliphatic heterocycles. The predicted octanol–water partition coefficient (Wildman–Crippen LogP) is 4.12. The van der Waals surface area contributed by atoms with Crippen molar-refractivity contribution in [3.05, 3.63) is 108 Å². The van der Waals surface area contributed by atoms with E-state index in [4.69, 9.17) is 28.4 Å². The van der Waals surface area contributed by atoms with Gasteiger partial charge in [0.2, 0.25) is 0 Å². The van der Waals surface area contributed by atoms with Gasteiger partial charge in [-0.05, 0) is 16.7 Å². The zero-order valence-electron chi connectivity index (χ0n) is 21.3. The summed E-state index contributed by atoms with van der Waals surface area (Å²) in [6.07, 6.45) is -4.35. The molecule has 0 aromatic heterocycles. The van der Waals surface area contributed by atoms with Crippen molar-refractivity contribution < 1.29 is 33.5 Å². The maximum atomic E-state index is 11.0. The summed E-state index contributed by atoms with van der Waals surface area (Å²) in [4.78, 5) is 0. The molecule has 0 saturated carbocycles. The van der Waals surface area contributed by atoms with Crippen molar-refractivity contribution in [3.8, 4) is 0 Å². The van der Waals surface area contributed by atoms with Gasteiger partial charge in [-0.1, -0.05) is 91.0 Å². The molecule has 0 aliphatic carbocycles. The smallest absolute Gasteiger partial charge is 0.186 e. The summed E-state index contributed by atoms with van der Waals surface area (Å²) in [5.74, 6) is 0. The van der Waals surface area contributed by atoms with Crippen LogP contribution in [0.1, 0.15) is 16.7 Å². The molecule has 0 bridgehead atoms. The SMILES string of the molecule is COCC(O)[C@@H]1O[C@@H](OC)[C@H](OCc2ccccc2)[C@H](OCc2ccccc2)[C@@H]1OCc1ccccc1. The first kappa shape index (κ1) is 27.4. The van der Waals surface area contributed by atoms with Crippen molar-refractivity contribution >= 4 is 0 Å². The number of aliphatic hydroxyl groups excluding tert-OH is 1. The standard InChI is InChI=1S/C30H36O7/c1-32-21-25(31)26-27(34-18-22-12-6-3-7-13-22)28(35-19-23-14-8-4-9-15-23)29(30(33-2)37-26)36-20-24-16-10-5-11-17-24/h3-17,25-31H,18-21H2,1-2H3/t25?,26-,27+,28+,29+,30+/m0/s1. The van der Waals surface area contributed by atoms with Crippen molar-refractivity contribution in [2.45, 2.75) is 56.6 Å². The Morgan fingerprint density at radius 3 is 1.51 bits per heavy atom. The molecule has 0 radical (unpaired) electrons. The molecule has 37 heavy (non-hydrogen) atoms. The third-order valence-electron chi connectivity index (χ3n) is 6.34. The van der Waals surface area contributed by atoms with E-state index in [-0.39, 0.29) is 6.61 Å². The molecule has 198 valence electrons. The van der Waals surface area contributed by atoms with E-state index in [1.165, 1.54) is 7.11 Å². The molecular formula is C30H36O7. The van der Waals surface area contributed by atoms with E-state index < -0.39 is 36.8 Å². The van der Waals surface area contributed by atoms with Gasteiger partial charge in [-0.2, -0.15) is 0 Å². The van der Waals surface area contributed by atoms with Gasteiger partial charge in [-0.3, -0.25) is 0 Å². The molecule has 7 heteroatoms. The van der Waals surface area contributed by atoms with Crippen LogP contribution in [0.2, 0.25) is 0 Å². The summed E-state index contributed by atoms with van der Waals surface area (Å²) >= 11 is 0. The Morgan fingerprint density at radius 1 is 0.649 bits per heavy atom. The van der Waals surface area contributed by atoms with Crippen molar-refractivity contribution in [1.29, 1.82) is 0 Å². The quantitative estimate of drug-likeness (QED) is 0.372. The lowest BCUT2D eigenvalue weighted by Crippen LogP contribution is -2.63. The van der Waals surface area contributed by atoms with Gasteiger partial charge in [0, 0.05) is 14.2 Å². The van der Waals surface area contributed by atoms with E-state index in [0.29, 0.717) is 19.8 Å². The molecule has 1 aliphatic rings. The first-order chi connectivity index (χ1) is 18.2. The summed E-state index contributed by atoms with van der Waals surface area (Å²) in [6, 6.07) is 29.7. The molecule has 0 amide bonds. The molecule has 1 saturated heterocycles. The largest absolute Gasteiger partial charge is 0.388 e. The average molecular weight is 509 g/mol. The lowest BCUT2D eigenvalue weighted by molar-refractivity contribution is -0.330. The fourth-order valence-electron chi connectivity index (χ4n) is 4.46. The number of hydrogen-bond acceptors (Lipinski definition) is 7. The van der Waals surface area contributed by atoms with Crippen LogP contribution in [0, 0.1) is 0 Å². The highest BCUT2D eigenvalue weighted by Crippen LogP contribution is 2.32. The summed E-state index contributed by atoms with van der Waals surface area (Å²) in [5.41, 5.74) is 3.03. The Bertz CT molecular complexity index is 1020. The van der Waals surface area contributed by atoms with Crippen molar-refractivity contribution in [2.75, 3.05) is 20.8 Å². The Labute approximate surface area is 218 Å². The zero-order valence-corrected chi connectivity index (χ0v) is 21.3. The fourth-order valence-corrected chi connectivity index (χ4v) is 4.46. The van der Waals surface area contributed by atoms with Crippen LogP contribution in [-0.4, -0.2) is 62.7 Å². The van der Waals surface area contributed by atoms with Crippen LogP contribution in [0.5, 0.6) is 0 Å². The highest BCUT2D eigenvalue weighted by molar-refractivity contribution is 5.15. The van der Waals surface area contributed by atoms with Gasteiger partial charge in [0.1, 0.15) is 30.5 Å². The molecule has 1 N–H and O–H groups in total. The van der Waals surface area contributed by atoms with Crippen molar-refractivity contribution in [1.82, 2.24) is 0 Å². The lowest BCUT2D eigenvalue weighted by Gasteiger charge is -2.46. The van der Waals surface area contributed by atoms with Crippen LogP contribution in [0.25, 0.3) is 0 Å². The topological polar surface area (TPSA) is 75.6 Å². The minimum absolute atomic E-state index is 0.0766. The number of benzene rings is 3. The minimum Gasteiger partial charge on any atom is -0.388 e. The first-order valence-electron chi connectivity index (χ1n) is 12.5. The van der Waals surface area contributed by atoms with Gasteiger partial charge < -0.3 is 33.5 Å². The molecule has 6 atom stereocenters. The summed E-state index contributed by atoms with van der Waals surface area (Å²) in [7, 11) is 3.09. The number of methoxy groups -OCH3 is 2. The lowest BCUT2D eigenvalue weighted by atomic mass is 9.94.